The molecule has 21 heavy (non-hydrogen) atoms. The summed E-state index contributed by atoms with van der Waals surface area (Å²) in [6.07, 6.45) is 0. The Bertz CT molecular complexity index is 531. The monoisotopic (exact) mass is 292 g/mol. The molecule has 0 aromatic heterocycles. The van der Waals surface area contributed by atoms with Gasteiger partial charge in [0.05, 0.1) is 12.1 Å². The van der Waals surface area contributed by atoms with Crippen LogP contribution in [0.4, 0.5) is 5.69 Å². The van der Waals surface area contributed by atoms with Crippen molar-refractivity contribution >= 4 is 17.5 Å². The minimum Gasteiger partial charge on any atom is -0.394 e. The molecular formula is C16H24N2O3. The number of aliphatic hydroxyl groups excluding tert-OH is 1. The number of hydrogen-bond acceptors (Lipinski definition) is 3. The van der Waals surface area contributed by atoms with Crippen LogP contribution in [-0.4, -0.2) is 29.1 Å². The molecule has 0 aliphatic heterocycles. The Kier molecular flexibility index (Phi) is 5.12. The number of rotatable bonds is 3. The maximum Gasteiger partial charge on any atom is 0.313 e. The molecule has 0 spiro atoms. The van der Waals surface area contributed by atoms with Gasteiger partial charge in [-0.1, -0.05) is 39.0 Å². The van der Waals surface area contributed by atoms with E-state index in [9.17, 15) is 9.59 Å². The molecule has 1 rings (SSSR count). The second-order valence-corrected chi connectivity index (χ2v) is 6.75. The molecule has 0 bridgehead atoms. The molecule has 5 heteroatoms. The lowest BCUT2D eigenvalue weighted by Crippen LogP contribution is -2.50. The molecule has 0 radical (unpaired) electrons. The highest BCUT2D eigenvalue weighted by molar-refractivity contribution is 6.39. The summed E-state index contributed by atoms with van der Waals surface area (Å²) in [6, 6.07) is 7.39. The zero-order chi connectivity index (χ0) is 16.3. The van der Waals surface area contributed by atoms with Crippen molar-refractivity contribution in [2.45, 2.75) is 45.6 Å². The van der Waals surface area contributed by atoms with Gasteiger partial charge in [-0.15, -0.1) is 0 Å². The van der Waals surface area contributed by atoms with Gasteiger partial charge in [-0.3, -0.25) is 9.59 Å². The second-order valence-electron chi connectivity index (χ2n) is 6.75. The van der Waals surface area contributed by atoms with Crippen molar-refractivity contribution in [1.82, 2.24) is 5.32 Å². The summed E-state index contributed by atoms with van der Waals surface area (Å²) in [4.78, 5) is 23.8. The minimum atomic E-state index is -0.835. The normalized spacial score (nSPS) is 11.9. The molecule has 0 fully saturated rings. The lowest BCUT2D eigenvalue weighted by molar-refractivity contribution is -0.137. The van der Waals surface area contributed by atoms with Gasteiger partial charge >= 0.3 is 11.8 Å². The summed E-state index contributed by atoms with van der Waals surface area (Å²) in [5.74, 6) is -1.51. The average Bonchev–Trinajstić information content (AvgIpc) is 2.37. The molecule has 3 N–H and O–H groups in total. The highest BCUT2D eigenvalue weighted by Crippen LogP contribution is 2.29. The predicted octanol–water partition coefficient (Wildman–Crippen LogP) is 1.81. The van der Waals surface area contributed by atoms with E-state index >= 15 is 0 Å². The van der Waals surface area contributed by atoms with Crippen molar-refractivity contribution in [1.29, 1.82) is 0 Å². The Balaban J connectivity index is 2.88. The maximum atomic E-state index is 12.0. The van der Waals surface area contributed by atoms with E-state index < -0.39 is 17.4 Å². The van der Waals surface area contributed by atoms with Crippen LogP contribution in [0.5, 0.6) is 0 Å². The smallest absolute Gasteiger partial charge is 0.313 e. The van der Waals surface area contributed by atoms with Crippen LogP contribution >= 0.6 is 0 Å². The Hall–Kier alpha value is -1.88. The van der Waals surface area contributed by atoms with Gasteiger partial charge < -0.3 is 15.7 Å². The lowest BCUT2D eigenvalue weighted by Gasteiger charge is -2.24. The fourth-order valence-electron chi connectivity index (χ4n) is 1.83. The lowest BCUT2D eigenvalue weighted by atomic mass is 9.86. The minimum absolute atomic E-state index is 0.148. The van der Waals surface area contributed by atoms with Gasteiger partial charge in [0.15, 0.2) is 0 Å². The van der Waals surface area contributed by atoms with E-state index in [1.165, 1.54) is 0 Å². The number of anilines is 1. The Morgan fingerprint density at radius 2 is 1.62 bits per heavy atom. The van der Waals surface area contributed by atoms with Crippen LogP contribution in [0, 0.1) is 0 Å². The van der Waals surface area contributed by atoms with Crippen LogP contribution in [0.3, 0.4) is 0 Å². The van der Waals surface area contributed by atoms with Crippen LogP contribution < -0.4 is 10.6 Å². The molecule has 0 heterocycles. The summed E-state index contributed by atoms with van der Waals surface area (Å²) in [5, 5.41) is 14.2. The summed E-state index contributed by atoms with van der Waals surface area (Å²) in [6.45, 7) is 9.14. The molecule has 1 aromatic rings. The molecule has 0 aliphatic rings. The summed E-state index contributed by atoms with van der Waals surface area (Å²) in [7, 11) is 0. The molecule has 0 aliphatic carbocycles. The van der Waals surface area contributed by atoms with Crippen molar-refractivity contribution in [3.8, 4) is 0 Å². The van der Waals surface area contributed by atoms with Gasteiger partial charge in [0, 0.05) is 5.69 Å². The standard InChI is InChI=1S/C16H24N2O3/c1-15(2,3)11-8-6-7-9-12(11)17-13(20)14(21)18-16(4,5)10-19/h6-9,19H,10H2,1-5H3,(H,17,20)(H,18,21). The van der Waals surface area contributed by atoms with E-state index in [1.807, 2.05) is 32.9 Å². The first-order chi connectivity index (χ1) is 9.57. The van der Waals surface area contributed by atoms with Crippen molar-refractivity contribution in [2.75, 3.05) is 11.9 Å². The summed E-state index contributed by atoms with van der Waals surface area (Å²) < 4.78 is 0. The van der Waals surface area contributed by atoms with Crippen molar-refractivity contribution in [3.05, 3.63) is 29.8 Å². The van der Waals surface area contributed by atoms with E-state index in [0.717, 1.165) is 5.56 Å². The number of hydrogen-bond donors (Lipinski definition) is 3. The number of aliphatic hydroxyl groups is 1. The van der Waals surface area contributed by atoms with Crippen LogP contribution in [0.25, 0.3) is 0 Å². The third kappa shape index (κ3) is 4.86. The molecule has 5 nitrogen and oxygen atoms in total. The van der Waals surface area contributed by atoms with Crippen molar-refractivity contribution < 1.29 is 14.7 Å². The number of amides is 2. The average molecular weight is 292 g/mol. The summed E-state index contributed by atoms with van der Waals surface area (Å²) >= 11 is 0. The maximum absolute atomic E-state index is 12.0. The number of nitrogens with one attached hydrogen (secondary N) is 2. The predicted molar refractivity (Wildman–Crippen MR) is 83.1 cm³/mol. The van der Waals surface area contributed by atoms with Gasteiger partial charge in [-0.2, -0.15) is 0 Å². The zero-order valence-electron chi connectivity index (χ0n) is 13.3. The third-order valence-corrected chi connectivity index (χ3v) is 3.04. The first kappa shape index (κ1) is 17.2. The summed E-state index contributed by atoms with van der Waals surface area (Å²) in [5.41, 5.74) is 0.586. The molecule has 0 unspecified atom stereocenters. The third-order valence-electron chi connectivity index (χ3n) is 3.04. The molecule has 2 amide bonds. The molecule has 116 valence electrons. The molecule has 0 saturated heterocycles. The molecule has 0 atom stereocenters. The Labute approximate surface area is 125 Å². The van der Waals surface area contributed by atoms with E-state index in [4.69, 9.17) is 5.11 Å². The Morgan fingerprint density at radius 1 is 1.05 bits per heavy atom. The molecule has 0 saturated carbocycles. The van der Waals surface area contributed by atoms with Crippen LogP contribution in [0.1, 0.15) is 40.2 Å². The SMILES string of the molecule is CC(C)(CO)NC(=O)C(=O)Nc1ccccc1C(C)(C)C. The van der Waals surface area contributed by atoms with Gasteiger partial charge in [-0.25, -0.2) is 0 Å². The van der Waals surface area contributed by atoms with E-state index in [0.29, 0.717) is 5.69 Å². The zero-order valence-corrected chi connectivity index (χ0v) is 13.3. The highest BCUT2D eigenvalue weighted by Gasteiger charge is 2.25. The second kappa shape index (κ2) is 6.26. The van der Waals surface area contributed by atoms with E-state index in [2.05, 4.69) is 10.6 Å². The molecule has 1 aromatic carbocycles. The number of para-hydroxylation sites is 1. The van der Waals surface area contributed by atoms with Crippen LogP contribution in [0.15, 0.2) is 24.3 Å². The van der Waals surface area contributed by atoms with Gasteiger partial charge in [0.2, 0.25) is 0 Å². The highest BCUT2D eigenvalue weighted by atomic mass is 16.3. The van der Waals surface area contributed by atoms with Crippen molar-refractivity contribution in [2.24, 2.45) is 0 Å². The first-order valence-corrected chi connectivity index (χ1v) is 6.91. The van der Waals surface area contributed by atoms with Crippen LogP contribution in [-0.2, 0) is 15.0 Å². The fraction of sp³-hybridized carbons (Fsp3) is 0.500. The van der Waals surface area contributed by atoms with E-state index in [1.54, 1.807) is 26.0 Å². The van der Waals surface area contributed by atoms with Crippen molar-refractivity contribution in [3.63, 3.8) is 0 Å². The largest absolute Gasteiger partial charge is 0.394 e. The molecular weight excluding hydrogens is 268 g/mol. The number of carbonyl (C=O) groups is 2. The first-order valence-electron chi connectivity index (χ1n) is 6.91. The van der Waals surface area contributed by atoms with Gasteiger partial charge in [0.1, 0.15) is 0 Å². The fourth-order valence-corrected chi connectivity index (χ4v) is 1.83. The number of carbonyl (C=O) groups excluding carboxylic acids is 2. The van der Waals surface area contributed by atoms with Crippen LogP contribution in [0.2, 0.25) is 0 Å². The quantitative estimate of drug-likeness (QED) is 0.743. The van der Waals surface area contributed by atoms with Gasteiger partial charge in [0.25, 0.3) is 0 Å². The Morgan fingerprint density at radius 3 is 2.14 bits per heavy atom. The number of benzene rings is 1. The topological polar surface area (TPSA) is 78.4 Å². The van der Waals surface area contributed by atoms with Gasteiger partial charge in [-0.05, 0) is 30.9 Å². The van der Waals surface area contributed by atoms with E-state index in [-0.39, 0.29) is 12.0 Å².